The van der Waals surface area contributed by atoms with Crippen molar-refractivity contribution in [2.45, 2.75) is 44.7 Å². The van der Waals surface area contributed by atoms with Crippen molar-refractivity contribution in [2.75, 3.05) is 13.1 Å². The molecule has 5 nitrogen and oxygen atoms in total. The lowest BCUT2D eigenvalue weighted by molar-refractivity contribution is 0.373. The predicted octanol–water partition coefficient (Wildman–Crippen LogP) is 2.30. The highest BCUT2D eigenvalue weighted by Gasteiger charge is 2.27. The van der Waals surface area contributed by atoms with Crippen LogP contribution in [0.4, 0.5) is 0 Å². The van der Waals surface area contributed by atoms with E-state index in [-0.39, 0.29) is 5.54 Å². The molecule has 0 aliphatic carbocycles. The van der Waals surface area contributed by atoms with E-state index in [1.165, 1.54) is 12.8 Å². The summed E-state index contributed by atoms with van der Waals surface area (Å²) >= 11 is 3.35. The normalized spacial score (nSPS) is 22.1. The fourth-order valence-corrected chi connectivity index (χ4v) is 3.82. The summed E-state index contributed by atoms with van der Waals surface area (Å²) in [5, 5.41) is 3.49. The smallest absolute Gasteiger partial charge is 0.277 e. The molecule has 3 N–H and O–H groups in total. The van der Waals surface area contributed by atoms with Gasteiger partial charge in [-0.05, 0) is 56.8 Å². The third kappa shape index (κ3) is 5.96. The van der Waals surface area contributed by atoms with Crippen molar-refractivity contribution in [3.05, 3.63) is 34.3 Å². The molecule has 1 aromatic carbocycles. The molecule has 1 heterocycles. The predicted molar refractivity (Wildman–Crippen MR) is 92.8 cm³/mol. The molecule has 0 spiro atoms. The van der Waals surface area contributed by atoms with E-state index in [0.29, 0.717) is 13.1 Å². The van der Waals surface area contributed by atoms with Crippen LogP contribution in [-0.4, -0.2) is 27.0 Å². The van der Waals surface area contributed by atoms with Gasteiger partial charge in [-0.15, -0.1) is 0 Å². The molecular weight excluding hydrogens is 366 g/mol. The van der Waals surface area contributed by atoms with E-state index in [1.54, 1.807) is 0 Å². The van der Waals surface area contributed by atoms with Gasteiger partial charge in [0.05, 0.1) is 0 Å². The monoisotopic (exact) mass is 389 g/mol. The largest absolute Gasteiger partial charge is 0.312 e. The second-order valence-electron chi connectivity index (χ2n) is 6.04. The first-order valence-corrected chi connectivity index (χ1v) is 9.90. The molecular formula is C15H24BrN3O2S. The third-order valence-electron chi connectivity index (χ3n) is 4.03. The summed E-state index contributed by atoms with van der Waals surface area (Å²) in [5.41, 5.74) is 1.10. The molecule has 1 aliphatic rings. The highest BCUT2D eigenvalue weighted by molar-refractivity contribution is 9.10. The van der Waals surface area contributed by atoms with Crippen LogP contribution in [-0.2, 0) is 16.8 Å². The van der Waals surface area contributed by atoms with E-state index in [9.17, 15) is 8.42 Å². The fraction of sp³-hybridized carbons (Fsp3) is 0.600. The van der Waals surface area contributed by atoms with E-state index in [1.807, 2.05) is 24.3 Å². The molecule has 22 heavy (non-hydrogen) atoms. The van der Waals surface area contributed by atoms with Crippen molar-refractivity contribution >= 4 is 26.1 Å². The maximum atomic E-state index is 11.9. The zero-order chi connectivity index (χ0) is 16.1. The van der Waals surface area contributed by atoms with Gasteiger partial charge in [0, 0.05) is 23.1 Å². The van der Waals surface area contributed by atoms with Crippen LogP contribution in [0.3, 0.4) is 0 Å². The van der Waals surface area contributed by atoms with Gasteiger partial charge in [-0.1, -0.05) is 28.1 Å². The minimum absolute atomic E-state index is 0.177. The fourth-order valence-electron chi connectivity index (χ4n) is 2.69. The van der Waals surface area contributed by atoms with E-state index in [0.717, 1.165) is 29.4 Å². The van der Waals surface area contributed by atoms with Crippen molar-refractivity contribution in [3.63, 3.8) is 0 Å². The van der Waals surface area contributed by atoms with Crippen LogP contribution in [0, 0.1) is 0 Å². The highest BCUT2D eigenvalue weighted by atomic mass is 79.9. The van der Waals surface area contributed by atoms with Crippen LogP contribution in [0.15, 0.2) is 28.7 Å². The van der Waals surface area contributed by atoms with Crippen LogP contribution >= 0.6 is 15.9 Å². The topological polar surface area (TPSA) is 70.2 Å². The molecule has 0 radical (unpaired) electrons. The van der Waals surface area contributed by atoms with Gasteiger partial charge < -0.3 is 5.32 Å². The summed E-state index contributed by atoms with van der Waals surface area (Å²) in [6, 6.07) is 7.57. The molecule has 124 valence electrons. The van der Waals surface area contributed by atoms with Crippen LogP contribution < -0.4 is 14.8 Å². The Bertz CT molecular complexity index is 569. The van der Waals surface area contributed by atoms with Gasteiger partial charge in [0.2, 0.25) is 0 Å². The molecule has 1 saturated heterocycles. The number of benzene rings is 1. The molecule has 1 atom stereocenters. The average molecular weight is 390 g/mol. The average Bonchev–Trinajstić information content (AvgIpc) is 2.90. The number of hydrogen-bond donors (Lipinski definition) is 3. The second-order valence-corrected chi connectivity index (χ2v) is 8.54. The molecule has 1 fully saturated rings. The Morgan fingerprint density at radius 2 is 2.00 bits per heavy atom. The van der Waals surface area contributed by atoms with Gasteiger partial charge in [0.25, 0.3) is 10.2 Å². The Hall–Kier alpha value is -0.470. The standard InChI is InChI=1S/C15H24BrN3O2S/c1-15(8-2-10-17-15)9-3-11-18-22(20,21)19-12-13-4-6-14(16)7-5-13/h4-7,17-19H,2-3,8-12H2,1H3/t15-/m0/s1. The molecule has 1 aromatic rings. The first-order valence-electron chi connectivity index (χ1n) is 7.62. The van der Waals surface area contributed by atoms with Crippen LogP contribution in [0.25, 0.3) is 0 Å². The van der Waals surface area contributed by atoms with E-state index < -0.39 is 10.2 Å². The van der Waals surface area contributed by atoms with Gasteiger partial charge in [0.1, 0.15) is 0 Å². The first kappa shape index (κ1) is 17.9. The van der Waals surface area contributed by atoms with Gasteiger partial charge in [-0.25, -0.2) is 4.72 Å². The molecule has 0 bridgehead atoms. The summed E-state index contributed by atoms with van der Waals surface area (Å²) in [7, 11) is -3.44. The number of halogens is 1. The maximum Gasteiger partial charge on any atom is 0.277 e. The van der Waals surface area contributed by atoms with Gasteiger partial charge in [-0.3, -0.25) is 0 Å². The number of hydrogen-bond acceptors (Lipinski definition) is 3. The van der Waals surface area contributed by atoms with Gasteiger partial charge >= 0.3 is 0 Å². The van der Waals surface area contributed by atoms with Gasteiger partial charge in [-0.2, -0.15) is 13.1 Å². The van der Waals surface area contributed by atoms with Crippen molar-refractivity contribution in [1.82, 2.24) is 14.8 Å². The summed E-state index contributed by atoms with van der Waals surface area (Å²) < 4.78 is 29.9. The number of nitrogens with one attached hydrogen (secondary N) is 3. The Morgan fingerprint density at radius 3 is 2.64 bits per heavy atom. The summed E-state index contributed by atoms with van der Waals surface area (Å²) in [6.07, 6.45) is 4.20. The Balaban J connectivity index is 1.68. The highest BCUT2D eigenvalue weighted by Crippen LogP contribution is 2.23. The van der Waals surface area contributed by atoms with Crippen molar-refractivity contribution in [1.29, 1.82) is 0 Å². The molecule has 7 heteroatoms. The van der Waals surface area contributed by atoms with Crippen LogP contribution in [0.2, 0.25) is 0 Å². The Kier molecular flexibility index (Phi) is 6.40. The zero-order valence-corrected chi connectivity index (χ0v) is 15.3. The number of rotatable bonds is 8. The molecule has 2 rings (SSSR count). The molecule has 1 aliphatic heterocycles. The quantitative estimate of drug-likeness (QED) is 0.597. The lowest BCUT2D eigenvalue weighted by Crippen LogP contribution is -2.39. The van der Waals surface area contributed by atoms with Crippen LogP contribution in [0.5, 0.6) is 0 Å². The van der Waals surface area contributed by atoms with E-state index in [2.05, 4.69) is 37.6 Å². The third-order valence-corrected chi connectivity index (χ3v) is 5.67. The minimum Gasteiger partial charge on any atom is -0.312 e. The molecule has 0 unspecified atom stereocenters. The maximum absolute atomic E-state index is 11.9. The van der Waals surface area contributed by atoms with Crippen molar-refractivity contribution < 1.29 is 8.42 Å². The molecule has 0 aromatic heterocycles. The first-order chi connectivity index (χ1) is 10.4. The molecule has 0 saturated carbocycles. The van der Waals surface area contributed by atoms with Crippen molar-refractivity contribution in [3.8, 4) is 0 Å². The van der Waals surface area contributed by atoms with E-state index >= 15 is 0 Å². The van der Waals surface area contributed by atoms with E-state index in [4.69, 9.17) is 0 Å². The SMILES string of the molecule is C[C@@]1(CCCNS(=O)(=O)NCc2ccc(Br)cc2)CCCN1. The Labute approximate surface area is 141 Å². The minimum atomic E-state index is -3.44. The lowest BCUT2D eigenvalue weighted by Gasteiger charge is -2.24. The zero-order valence-electron chi connectivity index (χ0n) is 12.9. The summed E-state index contributed by atoms with van der Waals surface area (Å²) in [4.78, 5) is 0. The second kappa shape index (κ2) is 7.88. The summed E-state index contributed by atoms with van der Waals surface area (Å²) in [6.45, 7) is 4.03. The summed E-state index contributed by atoms with van der Waals surface area (Å²) in [5.74, 6) is 0. The van der Waals surface area contributed by atoms with Crippen LogP contribution in [0.1, 0.15) is 38.2 Å². The van der Waals surface area contributed by atoms with Crippen molar-refractivity contribution in [2.24, 2.45) is 0 Å². The lowest BCUT2D eigenvalue weighted by atomic mass is 9.94. The Morgan fingerprint density at radius 1 is 1.27 bits per heavy atom. The van der Waals surface area contributed by atoms with Gasteiger partial charge in [0.15, 0.2) is 0 Å². The molecule has 0 amide bonds.